The van der Waals surface area contributed by atoms with E-state index in [9.17, 15) is 14.7 Å². The monoisotopic (exact) mass is 555 g/mol. The second kappa shape index (κ2) is 11.2. The first-order valence-electron chi connectivity index (χ1n) is 13.3. The van der Waals surface area contributed by atoms with Gasteiger partial charge >= 0.3 is 5.97 Å². The van der Waals surface area contributed by atoms with Crippen LogP contribution in [0.1, 0.15) is 23.6 Å². The summed E-state index contributed by atoms with van der Waals surface area (Å²) in [6.07, 6.45) is 0.786. The van der Waals surface area contributed by atoms with Gasteiger partial charge in [0, 0.05) is 36.7 Å². The molecule has 5 rings (SSSR count). The smallest absolute Gasteiger partial charge is 0.307 e. The first-order valence-corrected chi connectivity index (χ1v) is 14.1. The molecule has 206 valence electrons. The Labute approximate surface area is 237 Å². The van der Waals surface area contributed by atoms with E-state index in [-0.39, 0.29) is 6.42 Å². The third-order valence-electron chi connectivity index (χ3n) is 7.42. The first kappa shape index (κ1) is 27.5. The molecule has 3 aromatic carbocycles. The zero-order valence-electron chi connectivity index (χ0n) is 23.4. The van der Waals surface area contributed by atoms with E-state index in [2.05, 4.69) is 16.9 Å². The van der Waals surface area contributed by atoms with Gasteiger partial charge in [0.1, 0.15) is 5.01 Å². The quantitative estimate of drug-likeness (QED) is 0.223. The molecule has 0 aliphatic carbocycles. The Hall–Kier alpha value is -4.08. The number of hydrogen-bond acceptors (Lipinski definition) is 6. The van der Waals surface area contributed by atoms with E-state index in [1.807, 2.05) is 76.5 Å². The summed E-state index contributed by atoms with van der Waals surface area (Å²) in [5, 5.41) is 16.1. The summed E-state index contributed by atoms with van der Waals surface area (Å²) in [7, 11) is 3.91. The molecule has 2 heterocycles. The van der Waals surface area contributed by atoms with Crippen LogP contribution in [0.25, 0.3) is 42.8 Å². The molecule has 1 amide bonds. The van der Waals surface area contributed by atoms with Crippen LogP contribution in [-0.2, 0) is 23.1 Å². The van der Waals surface area contributed by atoms with E-state index in [1.54, 1.807) is 20.9 Å². The highest BCUT2D eigenvalue weighted by Gasteiger charge is 2.21. The van der Waals surface area contributed by atoms with Gasteiger partial charge in [0.2, 0.25) is 6.41 Å². The fraction of sp³-hybridized carbons (Fsp3) is 0.290. The van der Waals surface area contributed by atoms with Crippen molar-refractivity contribution in [2.24, 2.45) is 7.05 Å². The molecule has 0 unspecified atom stereocenters. The van der Waals surface area contributed by atoms with Crippen molar-refractivity contribution in [1.29, 1.82) is 0 Å². The zero-order chi connectivity index (χ0) is 28.6. The van der Waals surface area contributed by atoms with Crippen molar-refractivity contribution in [3.63, 3.8) is 0 Å². The molecule has 0 spiro atoms. The maximum atomic E-state index is 12.1. The molecule has 40 heavy (non-hydrogen) atoms. The Kier molecular flexibility index (Phi) is 7.69. The third-order valence-corrected chi connectivity index (χ3v) is 8.56. The lowest BCUT2D eigenvalue weighted by Crippen LogP contribution is -2.32. The molecular weight excluding hydrogens is 522 g/mol. The lowest BCUT2D eigenvalue weighted by atomic mass is 9.93. The number of carbonyl (C=O) groups excluding carboxylic acids is 1. The molecule has 0 saturated heterocycles. The molecular formula is C31H33N5O3S. The van der Waals surface area contributed by atoms with E-state index < -0.39 is 5.97 Å². The van der Waals surface area contributed by atoms with Crippen molar-refractivity contribution in [3.05, 3.63) is 65.2 Å². The number of carbonyl (C=O) groups is 2. The average molecular weight is 556 g/mol. The van der Waals surface area contributed by atoms with Crippen molar-refractivity contribution >= 4 is 50.7 Å². The SMILES string of the molecule is CCN(C)CCN(C=O)c1nn(C)c2ccc(-c3nc4cc(C)c(CC(=O)O)c(-c5ccc(C)cc5)c4s3)cc12. The number of rotatable bonds is 10. The summed E-state index contributed by atoms with van der Waals surface area (Å²) in [6.45, 7) is 8.25. The van der Waals surface area contributed by atoms with Crippen molar-refractivity contribution in [2.45, 2.75) is 27.2 Å². The van der Waals surface area contributed by atoms with Crippen LogP contribution in [0.4, 0.5) is 5.82 Å². The van der Waals surface area contributed by atoms with Crippen molar-refractivity contribution in [3.8, 4) is 21.7 Å². The van der Waals surface area contributed by atoms with Gasteiger partial charge in [-0.25, -0.2) is 4.98 Å². The van der Waals surface area contributed by atoms with Crippen LogP contribution in [0.15, 0.2) is 48.5 Å². The number of aryl methyl sites for hydroxylation is 3. The van der Waals surface area contributed by atoms with Crippen molar-refractivity contribution < 1.29 is 14.7 Å². The third kappa shape index (κ3) is 5.22. The first-order chi connectivity index (χ1) is 19.2. The highest BCUT2D eigenvalue weighted by molar-refractivity contribution is 7.22. The number of aromatic nitrogens is 3. The van der Waals surface area contributed by atoms with Crippen LogP contribution in [0.2, 0.25) is 0 Å². The Morgan fingerprint density at radius 3 is 2.48 bits per heavy atom. The number of hydrogen-bond donors (Lipinski definition) is 1. The van der Waals surface area contributed by atoms with Gasteiger partial charge in [0.05, 0.1) is 22.2 Å². The fourth-order valence-corrected chi connectivity index (χ4v) is 6.14. The standard InChI is InChI=1S/C31H33N5O3S/c1-6-34(4)13-14-36(18-37)30-24-16-22(11-12-26(24)35(5)33-30)31-32-25-15-20(3)23(17-27(38)39)28(29(25)40-31)21-9-7-19(2)8-10-21/h7-12,15-16,18H,6,13-14,17H2,1-5H3,(H,38,39). The second-order valence-electron chi connectivity index (χ2n) is 10.2. The van der Waals surface area contributed by atoms with Gasteiger partial charge in [-0.1, -0.05) is 36.8 Å². The number of nitrogens with zero attached hydrogens (tertiary/aromatic N) is 5. The molecule has 5 aromatic rings. The van der Waals surface area contributed by atoms with E-state index >= 15 is 0 Å². The highest BCUT2D eigenvalue weighted by Crippen LogP contribution is 2.41. The van der Waals surface area contributed by atoms with Gasteiger partial charge in [0.15, 0.2) is 5.82 Å². The van der Waals surface area contributed by atoms with Crippen LogP contribution < -0.4 is 4.90 Å². The Balaban J connectivity index is 1.65. The minimum absolute atomic E-state index is 0.0576. The van der Waals surface area contributed by atoms with Crippen LogP contribution in [-0.4, -0.2) is 63.8 Å². The summed E-state index contributed by atoms with van der Waals surface area (Å²) in [5.41, 5.74) is 7.46. The van der Waals surface area contributed by atoms with Crippen LogP contribution in [0.3, 0.4) is 0 Å². The summed E-state index contributed by atoms with van der Waals surface area (Å²) < 4.78 is 2.76. The number of carboxylic acid groups (broad SMARTS) is 1. The lowest BCUT2D eigenvalue weighted by Gasteiger charge is -2.19. The lowest BCUT2D eigenvalue weighted by molar-refractivity contribution is -0.136. The number of carboxylic acids is 1. The number of amides is 1. The van der Waals surface area contributed by atoms with Gasteiger partial charge < -0.3 is 10.0 Å². The number of likely N-dealkylation sites (N-methyl/N-ethyl adjacent to an activating group) is 1. The highest BCUT2D eigenvalue weighted by atomic mass is 32.1. The molecule has 0 radical (unpaired) electrons. The second-order valence-corrected chi connectivity index (χ2v) is 11.2. The van der Waals surface area contributed by atoms with Crippen molar-refractivity contribution in [2.75, 3.05) is 31.6 Å². The Morgan fingerprint density at radius 2 is 1.80 bits per heavy atom. The number of benzene rings is 3. The van der Waals surface area contributed by atoms with Gasteiger partial charge in [-0.2, -0.15) is 5.10 Å². The molecule has 0 aliphatic rings. The van der Waals surface area contributed by atoms with Gasteiger partial charge in [-0.3, -0.25) is 19.2 Å². The van der Waals surface area contributed by atoms with Crippen LogP contribution in [0, 0.1) is 13.8 Å². The van der Waals surface area contributed by atoms with E-state index in [4.69, 9.17) is 4.98 Å². The largest absolute Gasteiger partial charge is 0.481 e. The summed E-state index contributed by atoms with van der Waals surface area (Å²) in [6, 6.07) is 16.3. The van der Waals surface area contributed by atoms with Gasteiger partial charge in [-0.15, -0.1) is 11.3 Å². The molecule has 0 fully saturated rings. The Bertz CT molecular complexity index is 1720. The topological polar surface area (TPSA) is 91.6 Å². The summed E-state index contributed by atoms with van der Waals surface area (Å²) in [5.74, 6) is -0.236. The molecule has 0 saturated carbocycles. The maximum absolute atomic E-state index is 12.1. The van der Waals surface area contributed by atoms with E-state index in [1.165, 1.54) is 0 Å². The number of anilines is 1. The predicted molar refractivity (Wildman–Crippen MR) is 162 cm³/mol. The molecule has 2 aromatic heterocycles. The van der Waals surface area contributed by atoms with Crippen molar-refractivity contribution in [1.82, 2.24) is 19.7 Å². The number of fused-ring (bicyclic) bond motifs is 2. The van der Waals surface area contributed by atoms with Crippen LogP contribution >= 0.6 is 11.3 Å². The normalized spacial score (nSPS) is 11.6. The fourth-order valence-electron chi connectivity index (χ4n) is 5.00. The average Bonchev–Trinajstić information content (AvgIpc) is 3.50. The minimum Gasteiger partial charge on any atom is -0.481 e. The molecule has 0 aliphatic heterocycles. The molecule has 8 nitrogen and oxygen atoms in total. The predicted octanol–water partition coefficient (Wildman–Crippen LogP) is 5.68. The molecule has 0 atom stereocenters. The van der Waals surface area contributed by atoms with Gasteiger partial charge in [0.25, 0.3) is 0 Å². The van der Waals surface area contributed by atoms with E-state index in [0.29, 0.717) is 12.4 Å². The molecule has 1 N–H and O–H groups in total. The summed E-state index contributed by atoms with van der Waals surface area (Å²) >= 11 is 1.56. The van der Waals surface area contributed by atoms with E-state index in [0.717, 1.165) is 79.0 Å². The molecule has 0 bridgehead atoms. The minimum atomic E-state index is -0.861. The molecule has 9 heteroatoms. The number of aliphatic carboxylic acids is 1. The zero-order valence-corrected chi connectivity index (χ0v) is 24.2. The maximum Gasteiger partial charge on any atom is 0.307 e. The Morgan fingerprint density at radius 1 is 1.07 bits per heavy atom. The van der Waals surface area contributed by atoms with Gasteiger partial charge in [-0.05, 0) is 68.4 Å². The van der Waals surface area contributed by atoms with Crippen LogP contribution in [0.5, 0.6) is 0 Å². The number of thiazole rings is 1. The summed E-state index contributed by atoms with van der Waals surface area (Å²) in [4.78, 5) is 32.7.